The number of ether oxygens (including phenoxy) is 1. The summed E-state index contributed by atoms with van der Waals surface area (Å²) in [6.45, 7) is 3.02. The molecule has 0 atom stereocenters. The molecule has 0 saturated heterocycles. The molecule has 0 aliphatic carbocycles. The molecule has 1 aliphatic heterocycles. The van der Waals surface area contributed by atoms with E-state index in [1.807, 2.05) is 30.3 Å². The summed E-state index contributed by atoms with van der Waals surface area (Å²) in [4.78, 5) is 4.48. The van der Waals surface area contributed by atoms with Crippen LogP contribution in [0.3, 0.4) is 0 Å². The minimum Gasteiger partial charge on any atom is -0.372 e. The van der Waals surface area contributed by atoms with Gasteiger partial charge in [-0.15, -0.1) is 0 Å². The van der Waals surface area contributed by atoms with Crippen molar-refractivity contribution in [3.05, 3.63) is 71.3 Å². The van der Waals surface area contributed by atoms with Crippen LogP contribution in [0, 0.1) is 0 Å². The van der Waals surface area contributed by atoms with Gasteiger partial charge in [-0.1, -0.05) is 54.6 Å². The molecule has 20 heavy (non-hydrogen) atoms. The summed E-state index contributed by atoms with van der Waals surface area (Å²) >= 11 is 0. The van der Waals surface area contributed by atoms with Gasteiger partial charge in [0.2, 0.25) is 0 Å². The molecule has 1 aliphatic rings. The van der Waals surface area contributed by atoms with Crippen molar-refractivity contribution in [2.45, 2.75) is 13.2 Å². The first-order valence-corrected chi connectivity index (χ1v) is 6.92. The predicted octanol–water partition coefficient (Wildman–Crippen LogP) is 2.75. The first kappa shape index (κ1) is 12.9. The van der Waals surface area contributed by atoms with Gasteiger partial charge in [0.25, 0.3) is 0 Å². The first-order chi connectivity index (χ1) is 9.93. The van der Waals surface area contributed by atoms with E-state index in [9.17, 15) is 0 Å². The van der Waals surface area contributed by atoms with E-state index in [2.05, 4.69) is 34.6 Å². The van der Waals surface area contributed by atoms with E-state index >= 15 is 0 Å². The van der Waals surface area contributed by atoms with Gasteiger partial charge in [0.05, 0.1) is 19.8 Å². The van der Waals surface area contributed by atoms with Crippen LogP contribution in [0.25, 0.3) is 0 Å². The summed E-state index contributed by atoms with van der Waals surface area (Å²) in [6.07, 6.45) is 0. The largest absolute Gasteiger partial charge is 0.372 e. The number of nitrogens with zero attached hydrogens (tertiary/aromatic N) is 1. The zero-order chi connectivity index (χ0) is 13.6. The quantitative estimate of drug-likeness (QED) is 0.902. The Bertz CT molecular complexity index is 593. The standard InChI is InChI=1S/C17H18N2O/c1-2-6-14(7-3-1)12-20-13-15-8-4-5-9-16(15)17-18-10-11-19-17/h1-9H,10-13H2,(H,18,19). The second-order valence-electron chi connectivity index (χ2n) is 4.79. The third-order valence-electron chi connectivity index (χ3n) is 3.32. The van der Waals surface area contributed by atoms with E-state index in [1.54, 1.807) is 0 Å². The molecule has 0 saturated carbocycles. The van der Waals surface area contributed by atoms with Crippen molar-refractivity contribution in [2.75, 3.05) is 13.1 Å². The van der Waals surface area contributed by atoms with Crippen LogP contribution in [0.1, 0.15) is 16.7 Å². The molecule has 2 aromatic carbocycles. The highest BCUT2D eigenvalue weighted by Gasteiger charge is 2.11. The number of rotatable bonds is 5. The molecular weight excluding hydrogens is 248 g/mol. The van der Waals surface area contributed by atoms with Gasteiger partial charge in [0.15, 0.2) is 0 Å². The fourth-order valence-electron chi connectivity index (χ4n) is 2.31. The fraction of sp³-hybridized carbons (Fsp3) is 0.235. The van der Waals surface area contributed by atoms with Gasteiger partial charge >= 0.3 is 0 Å². The van der Waals surface area contributed by atoms with Gasteiger partial charge < -0.3 is 10.1 Å². The Morgan fingerprint density at radius 1 is 0.950 bits per heavy atom. The van der Waals surface area contributed by atoms with Gasteiger partial charge in [-0.2, -0.15) is 0 Å². The summed E-state index contributed by atoms with van der Waals surface area (Å²) in [5.74, 6) is 0.990. The lowest BCUT2D eigenvalue weighted by atomic mass is 10.1. The second-order valence-corrected chi connectivity index (χ2v) is 4.79. The third-order valence-corrected chi connectivity index (χ3v) is 3.32. The normalized spacial score (nSPS) is 13.9. The summed E-state index contributed by atoms with van der Waals surface area (Å²) < 4.78 is 5.82. The van der Waals surface area contributed by atoms with E-state index < -0.39 is 0 Å². The van der Waals surface area contributed by atoms with Crippen molar-refractivity contribution in [2.24, 2.45) is 4.99 Å². The lowest BCUT2D eigenvalue weighted by molar-refractivity contribution is 0.107. The molecule has 0 radical (unpaired) electrons. The Balaban J connectivity index is 1.65. The zero-order valence-corrected chi connectivity index (χ0v) is 11.4. The molecular formula is C17H18N2O. The molecule has 0 spiro atoms. The molecule has 102 valence electrons. The number of amidine groups is 1. The van der Waals surface area contributed by atoms with E-state index in [-0.39, 0.29) is 0 Å². The maximum Gasteiger partial charge on any atom is 0.128 e. The average Bonchev–Trinajstić information content (AvgIpc) is 3.03. The Morgan fingerprint density at radius 2 is 1.75 bits per heavy atom. The van der Waals surface area contributed by atoms with E-state index in [0.717, 1.165) is 24.5 Å². The Kier molecular flexibility index (Phi) is 4.09. The minimum absolute atomic E-state index is 0.603. The van der Waals surface area contributed by atoms with Crippen molar-refractivity contribution in [3.8, 4) is 0 Å². The van der Waals surface area contributed by atoms with Crippen LogP contribution in [0.5, 0.6) is 0 Å². The molecule has 0 bridgehead atoms. The highest BCUT2D eigenvalue weighted by atomic mass is 16.5. The highest BCUT2D eigenvalue weighted by Crippen LogP contribution is 2.13. The topological polar surface area (TPSA) is 33.6 Å². The van der Waals surface area contributed by atoms with E-state index in [4.69, 9.17) is 4.74 Å². The first-order valence-electron chi connectivity index (χ1n) is 6.92. The highest BCUT2D eigenvalue weighted by molar-refractivity contribution is 6.00. The van der Waals surface area contributed by atoms with E-state index in [0.29, 0.717) is 13.2 Å². The molecule has 1 N–H and O–H groups in total. The van der Waals surface area contributed by atoms with Crippen LogP contribution in [0.2, 0.25) is 0 Å². The molecule has 3 rings (SSSR count). The van der Waals surface area contributed by atoms with Crippen LogP contribution in [-0.2, 0) is 18.0 Å². The lowest BCUT2D eigenvalue weighted by Gasteiger charge is -2.10. The summed E-state index contributed by atoms with van der Waals surface area (Å²) in [5, 5.41) is 3.32. The molecule has 0 unspecified atom stereocenters. The second kappa shape index (κ2) is 6.35. The Hall–Kier alpha value is -2.13. The maximum atomic E-state index is 5.82. The monoisotopic (exact) mass is 266 g/mol. The van der Waals surface area contributed by atoms with Crippen molar-refractivity contribution < 1.29 is 4.74 Å². The van der Waals surface area contributed by atoms with Crippen molar-refractivity contribution >= 4 is 5.84 Å². The number of hydrogen-bond acceptors (Lipinski definition) is 3. The summed E-state index contributed by atoms with van der Waals surface area (Å²) in [7, 11) is 0. The van der Waals surface area contributed by atoms with Crippen molar-refractivity contribution in [1.29, 1.82) is 0 Å². The molecule has 0 fully saturated rings. The predicted molar refractivity (Wildman–Crippen MR) is 80.8 cm³/mol. The molecule has 3 heteroatoms. The van der Waals surface area contributed by atoms with Crippen LogP contribution in [0.15, 0.2) is 59.6 Å². The third kappa shape index (κ3) is 3.06. The summed E-state index contributed by atoms with van der Waals surface area (Å²) in [6, 6.07) is 18.5. The number of hydrogen-bond donors (Lipinski definition) is 1. The number of nitrogens with one attached hydrogen (secondary N) is 1. The molecule has 3 nitrogen and oxygen atoms in total. The Labute approximate surface area is 119 Å². The Morgan fingerprint density at radius 3 is 2.55 bits per heavy atom. The number of benzene rings is 2. The lowest BCUT2D eigenvalue weighted by Crippen LogP contribution is -2.21. The van der Waals surface area contributed by atoms with Crippen molar-refractivity contribution in [3.63, 3.8) is 0 Å². The fourth-order valence-corrected chi connectivity index (χ4v) is 2.31. The molecule has 2 aromatic rings. The SMILES string of the molecule is c1ccc(COCc2ccccc2C2=NCCN2)cc1. The maximum absolute atomic E-state index is 5.82. The molecule has 0 amide bonds. The molecule has 1 heterocycles. The van der Waals surface area contributed by atoms with Crippen molar-refractivity contribution in [1.82, 2.24) is 5.32 Å². The average molecular weight is 266 g/mol. The zero-order valence-electron chi connectivity index (χ0n) is 11.4. The van der Waals surface area contributed by atoms with Crippen LogP contribution in [0.4, 0.5) is 0 Å². The summed E-state index contributed by atoms with van der Waals surface area (Å²) in [5.41, 5.74) is 3.52. The van der Waals surface area contributed by atoms with Gasteiger partial charge in [0.1, 0.15) is 5.84 Å². The van der Waals surface area contributed by atoms with E-state index in [1.165, 1.54) is 11.1 Å². The minimum atomic E-state index is 0.603. The molecule has 0 aromatic heterocycles. The van der Waals surface area contributed by atoms with Crippen LogP contribution < -0.4 is 5.32 Å². The smallest absolute Gasteiger partial charge is 0.128 e. The van der Waals surface area contributed by atoms with Gasteiger partial charge in [-0.25, -0.2) is 0 Å². The van der Waals surface area contributed by atoms with Crippen LogP contribution >= 0.6 is 0 Å². The van der Waals surface area contributed by atoms with Crippen LogP contribution in [-0.4, -0.2) is 18.9 Å². The van der Waals surface area contributed by atoms with Gasteiger partial charge in [0, 0.05) is 12.1 Å². The van der Waals surface area contributed by atoms with Gasteiger partial charge in [-0.3, -0.25) is 4.99 Å². The number of aliphatic imine (C=N–C) groups is 1. The van der Waals surface area contributed by atoms with Gasteiger partial charge in [-0.05, 0) is 11.1 Å².